The number of aliphatic hydroxyl groups is 1. The highest BCUT2D eigenvalue weighted by Crippen LogP contribution is 2.45. The topological polar surface area (TPSA) is 237 Å². The third-order valence-electron chi connectivity index (χ3n) is 16.9. The molecule has 5 unspecified atom stereocenters. The van der Waals surface area contributed by atoms with Gasteiger partial charge in [0.25, 0.3) is 0 Å². The number of ether oxygens (including phenoxy) is 4. The number of unbranched alkanes of at least 4 members (excludes halogenated alkanes) is 35. The summed E-state index contributed by atoms with van der Waals surface area (Å²) in [6, 6.07) is 0. The molecule has 0 aliphatic heterocycles. The standard InChI is InChI=1S/C81H144O17P2/c1-5-9-13-17-21-25-29-32-35-37-40-43-47-50-54-58-62-66-79(84)92-72-77(98-81(86)68-64-60-56-52-48-44-41-38-36-33-30-26-22-18-14-10-6-2)74-96-100(89,90)94-70-75(82)69-93-99(87,88)95-73-76(97-80(85)67-63-59-55-51-45-28-24-20-16-12-8-4)71-91-78(83)65-61-57-53-49-46-42-39-34-31-27-23-19-15-11-7-3/h9-10,13-14,21-22,25-26,32-36,39,75-77,82H,5-8,11-12,15-20,23-24,27-31,37-38,40-74H2,1-4H3,(H,87,88)(H,89,90)/b13-9-,14-10-,25-21-,26-22-,35-32-,36-33-,39-34-. The van der Waals surface area contributed by atoms with Crippen molar-refractivity contribution < 1.29 is 80.2 Å². The van der Waals surface area contributed by atoms with Crippen molar-refractivity contribution in [3.05, 3.63) is 85.1 Å². The largest absolute Gasteiger partial charge is 0.472 e. The summed E-state index contributed by atoms with van der Waals surface area (Å²) >= 11 is 0. The molecule has 0 rings (SSSR count). The first-order valence-corrected chi connectivity index (χ1v) is 42.8. The summed E-state index contributed by atoms with van der Waals surface area (Å²) in [5, 5.41) is 10.6. The molecule has 0 aliphatic carbocycles. The van der Waals surface area contributed by atoms with Crippen molar-refractivity contribution in [2.45, 2.75) is 367 Å². The van der Waals surface area contributed by atoms with E-state index >= 15 is 0 Å². The molecule has 0 saturated carbocycles. The highest BCUT2D eigenvalue weighted by molar-refractivity contribution is 7.47. The van der Waals surface area contributed by atoms with Gasteiger partial charge in [-0.25, -0.2) is 9.13 Å². The quantitative estimate of drug-likeness (QED) is 0.0169. The van der Waals surface area contributed by atoms with Gasteiger partial charge in [-0.15, -0.1) is 0 Å². The molecule has 0 spiro atoms. The number of rotatable bonds is 75. The SMILES string of the molecule is CC/C=C\C/C=C\C/C=C\CCCCCCCCCC(=O)OCC(COP(=O)(O)OCC(O)COP(=O)(O)OCC(COC(=O)CCCCCCC/C=C\CCCCCCCC)OC(=O)CCCCCCCCCCCCC)OC(=O)CCCCCCCCC/C=C\C/C=C\C/C=C\CC. The van der Waals surface area contributed by atoms with Crippen LogP contribution in [0.25, 0.3) is 0 Å². The Morgan fingerprint density at radius 3 is 0.810 bits per heavy atom. The molecule has 0 bridgehead atoms. The van der Waals surface area contributed by atoms with Gasteiger partial charge in [0.1, 0.15) is 19.3 Å². The number of carbonyl (C=O) groups excluding carboxylic acids is 4. The number of allylic oxidation sites excluding steroid dienone is 14. The molecule has 19 heteroatoms. The minimum atomic E-state index is -4.98. The number of esters is 4. The Hall–Kier alpha value is -3.76. The molecule has 17 nitrogen and oxygen atoms in total. The molecule has 5 atom stereocenters. The van der Waals surface area contributed by atoms with Crippen molar-refractivity contribution in [1.82, 2.24) is 0 Å². The van der Waals surface area contributed by atoms with E-state index in [0.29, 0.717) is 25.7 Å². The summed E-state index contributed by atoms with van der Waals surface area (Å²) in [6.07, 6.45) is 75.6. The van der Waals surface area contributed by atoms with Gasteiger partial charge < -0.3 is 33.8 Å². The van der Waals surface area contributed by atoms with Gasteiger partial charge in [0, 0.05) is 25.7 Å². The normalized spacial score (nSPS) is 14.3. The van der Waals surface area contributed by atoms with E-state index in [1.165, 1.54) is 77.0 Å². The molecule has 0 aromatic rings. The van der Waals surface area contributed by atoms with E-state index in [0.717, 1.165) is 193 Å². The van der Waals surface area contributed by atoms with Gasteiger partial charge in [0.15, 0.2) is 12.2 Å². The lowest BCUT2D eigenvalue weighted by atomic mass is 10.1. The number of hydrogen-bond acceptors (Lipinski definition) is 15. The van der Waals surface area contributed by atoms with Crippen LogP contribution in [0.1, 0.15) is 349 Å². The third kappa shape index (κ3) is 72.6. The molecule has 0 saturated heterocycles. The maximum absolute atomic E-state index is 13.1. The summed E-state index contributed by atoms with van der Waals surface area (Å²) in [5.74, 6) is -2.18. The Kier molecular flexibility index (Phi) is 70.8. The first kappa shape index (κ1) is 96.2. The minimum Gasteiger partial charge on any atom is -0.462 e. The average molecular weight is 1450 g/mol. The van der Waals surface area contributed by atoms with E-state index in [2.05, 4.69) is 113 Å². The van der Waals surface area contributed by atoms with Crippen LogP contribution in [0.3, 0.4) is 0 Å². The van der Waals surface area contributed by atoms with Gasteiger partial charge in [-0.2, -0.15) is 0 Å². The highest BCUT2D eigenvalue weighted by atomic mass is 31.2. The second-order valence-corrected chi connectivity index (χ2v) is 29.5. The summed E-state index contributed by atoms with van der Waals surface area (Å²) in [4.78, 5) is 72.9. The zero-order valence-corrected chi connectivity index (χ0v) is 65.2. The number of carbonyl (C=O) groups is 4. The Bertz CT molecular complexity index is 2230. The second kappa shape index (κ2) is 73.5. The Balaban J connectivity index is 5.33. The molecule has 0 heterocycles. The summed E-state index contributed by atoms with van der Waals surface area (Å²) in [5.41, 5.74) is 0. The maximum atomic E-state index is 13.1. The van der Waals surface area contributed by atoms with Gasteiger partial charge in [-0.1, -0.05) is 293 Å². The molecule has 0 fully saturated rings. The van der Waals surface area contributed by atoms with E-state index in [1.807, 2.05) is 0 Å². The number of phosphoric acid groups is 2. The van der Waals surface area contributed by atoms with Crippen molar-refractivity contribution in [1.29, 1.82) is 0 Å². The van der Waals surface area contributed by atoms with Gasteiger partial charge >= 0.3 is 39.5 Å². The summed E-state index contributed by atoms with van der Waals surface area (Å²) in [6.45, 7) is 4.66. The van der Waals surface area contributed by atoms with Crippen LogP contribution in [0.5, 0.6) is 0 Å². The van der Waals surface area contributed by atoms with Crippen molar-refractivity contribution in [2.75, 3.05) is 39.6 Å². The summed E-state index contributed by atoms with van der Waals surface area (Å²) in [7, 11) is -9.95. The van der Waals surface area contributed by atoms with E-state index < -0.39 is 97.5 Å². The Morgan fingerprint density at radius 2 is 0.520 bits per heavy atom. The minimum absolute atomic E-state index is 0.0826. The van der Waals surface area contributed by atoms with Crippen molar-refractivity contribution in [3.8, 4) is 0 Å². The van der Waals surface area contributed by atoms with E-state index in [4.69, 9.17) is 37.0 Å². The molecule has 580 valence electrons. The van der Waals surface area contributed by atoms with Crippen molar-refractivity contribution in [3.63, 3.8) is 0 Å². The average Bonchev–Trinajstić information content (AvgIpc) is 1.00. The molecule has 0 aromatic carbocycles. The predicted molar refractivity (Wildman–Crippen MR) is 409 cm³/mol. The van der Waals surface area contributed by atoms with E-state index in [1.54, 1.807) is 0 Å². The lowest BCUT2D eigenvalue weighted by molar-refractivity contribution is -0.161. The van der Waals surface area contributed by atoms with Crippen LogP contribution >= 0.6 is 15.6 Å². The van der Waals surface area contributed by atoms with Gasteiger partial charge in [-0.05, 0) is 116 Å². The van der Waals surface area contributed by atoms with Gasteiger partial charge in [0.2, 0.25) is 0 Å². The fourth-order valence-electron chi connectivity index (χ4n) is 10.8. The first-order valence-electron chi connectivity index (χ1n) is 39.8. The molecule has 0 aliphatic rings. The Labute approximate surface area is 608 Å². The van der Waals surface area contributed by atoms with Crippen LogP contribution in [0.15, 0.2) is 85.1 Å². The molecule has 0 aromatic heterocycles. The Morgan fingerprint density at radius 1 is 0.290 bits per heavy atom. The number of hydrogen-bond donors (Lipinski definition) is 3. The summed E-state index contributed by atoms with van der Waals surface area (Å²) < 4.78 is 68.6. The smallest absolute Gasteiger partial charge is 0.462 e. The monoisotopic (exact) mass is 1450 g/mol. The first-order chi connectivity index (χ1) is 48.7. The third-order valence-corrected chi connectivity index (χ3v) is 18.8. The van der Waals surface area contributed by atoms with E-state index in [9.17, 15) is 43.2 Å². The van der Waals surface area contributed by atoms with Crippen LogP contribution in [0, 0.1) is 0 Å². The van der Waals surface area contributed by atoms with Crippen molar-refractivity contribution in [2.24, 2.45) is 0 Å². The van der Waals surface area contributed by atoms with Crippen molar-refractivity contribution >= 4 is 39.5 Å². The fourth-order valence-corrected chi connectivity index (χ4v) is 12.4. The van der Waals surface area contributed by atoms with Crippen LogP contribution in [-0.2, 0) is 65.4 Å². The number of phosphoric ester groups is 2. The lowest BCUT2D eigenvalue weighted by Crippen LogP contribution is -2.30. The molecular formula is C81H144O17P2. The molecule has 0 radical (unpaired) electrons. The fraction of sp³-hybridized carbons (Fsp3) is 0.778. The highest BCUT2D eigenvalue weighted by Gasteiger charge is 2.30. The van der Waals surface area contributed by atoms with Crippen LogP contribution < -0.4 is 0 Å². The second-order valence-electron chi connectivity index (χ2n) is 26.6. The van der Waals surface area contributed by atoms with Gasteiger partial charge in [0.05, 0.1) is 26.4 Å². The van der Waals surface area contributed by atoms with Crippen LogP contribution in [0.2, 0.25) is 0 Å². The molecule has 3 N–H and O–H groups in total. The molecule has 0 amide bonds. The zero-order chi connectivity index (χ0) is 73.2. The molecule has 100 heavy (non-hydrogen) atoms. The lowest BCUT2D eigenvalue weighted by Gasteiger charge is -2.21. The van der Waals surface area contributed by atoms with Crippen LogP contribution in [-0.4, -0.2) is 96.7 Å². The van der Waals surface area contributed by atoms with Gasteiger partial charge in [-0.3, -0.25) is 37.3 Å². The predicted octanol–water partition coefficient (Wildman–Crippen LogP) is 23.0. The zero-order valence-electron chi connectivity index (χ0n) is 63.4. The molecular weight excluding hydrogens is 1310 g/mol. The maximum Gasteiger partial charge on any atom is 0.472 e. The number of aliphatic hydroxyl groups excluding tert-OH is 1. The van der Waals surface area contributed by atoms with E-state index in [-0.39, 0.29) is 25.7 Å². The van der Waals surface area contributed by atoms with Crippen LogP contribution in [0.4, 0.5) is 0 Å².